The van der Waals surface area contributed by atoms with Gasteiger partial charge in [0.1, 0.15) is 11.5 Å². The smallest absolute Gasteiger partial charge is 0.314 e. The number of aromatic nitrogens is 1. The molecule has 3 rings (SSSR count). The molecule has 0 spiro atoms. The van der Waals surface area contributed by atoms with Crippen LogP contribution in [0.5, 0.6) is 5.75 Å². The van der Waals surface area contributed by atoms with E-state index in [1.165, 1.54) is 6.07 Å². The highest BCUT2D eigenvalue weighted by molar-refractivity contribution is 6.39. The van der Waals surface area contributed by atoms with Gasteiger partial charge in [-0.2, -0.15) is 0 Å². The van der Waals surface area contributed by atoms with Crippen LogP contribution in [0.15, 0.2) is 34.9 Å². The van der Waals surface area contributed by atoms with Crippen LogP contribution < -0.4 is 15.4 Å². The number of carbonyl (C=O) groups is 2. The Balaban J connectivity index is 1.66. The number of nitrogens with one attached hydrogen (secondary N) is 2. The maximum absolute atomic E-state index is 12.2. The molecular formula is C19H24N4O5. The SMILES string of the molecule is COc1cccc(C(CNC(=O)C(=O)Nc2cc(C)on2)N2CCOCC2)c1. The molecular weight excluding hydrogens is 364 g/mol. The molecule has 1 aliphatic heterocycles. The highest BCUT2D eigenvalue weighted by atomic mass is 16.5. The molecule has 150 valence electrons. The average Bonchev–Trinajstić information content (AvgIpc) is 3.13. The molecule has 1 unspecified atom stereocenters. The number of carbonyl (C=O) groups excluding carboxylic acids is 2. The van der Waals surface area contributed by atoms with Gasteiger partial charge in [0.05, 0.1) is 26.4 Å². The third-order valence-corrected chi connectivity index (χ3v) is 4.50. The molecule has 0 aliphatic carbocycles. The van der Waals surface area contributed by atoms with Crippen molar-refractivity contribution in [3.05, 3.63) is 41.7 Å². The minimum atomic E-state index is -0.792. The van der Waals surface area contributed by atoms with Gasteiger partial charge in [-0.05, 0) is 24.6 Å². The van der Waals surface area contributed by atoms with Gasteiger partial charge in [0.15, 0.2) is 5.82 Å². The number of aryl methyl sites for hydroxylation is 1. The van der Waals surface area contributed by atoms with Gasteiger partial charge in [0.2, 0.25) is 0 Å². The third kappa shape index (κ3) is 5.08. The first-order chi connectivity index (χ1) is 13.6. The quantitative estimate of drug-likeness (QED) is 0.714. The van der Waals surface area contributed by atoms with E-state index in [0.717, 1.165) is 24.4 Å². The predicted molar refractivity (Wildman–Crippen MR) is 101 cm³/mol. The molecule has 1 aliphatic rings. The summed E-state index contributed by atoms with van der Waals surface area (Å²) in [4.78, 5) is 26.6. The van der Waals surface area contributed by atoms with Gasteiger partial charge >= 0.3 is 11.8 Å². The molecule has 28 heavy (non-hydrogen) atoms. The Morgan fingerprint density at radius 2 is 2.04 bits per heavy atom. The second-order valence-electron chi connectivity index (χ2n) is 6.43. The van der Waals surface area contributed by atoms with E-state index < -0.39 is 11.8 Å². The Hall–Kier alpha value is -2.91. The fourth-order valence-electron chi connectivity index (χ4n) is 3.06. The largest absolute Gasteiger partial charge is 0.497 e. The molecule has 1 aromatic carbocycles. The molecule has 1 atom stereocenters. The Morgan fingerprint density at radius 1 is 1.25 bits per heavy atom. The minimum Gasteiger partial charge on any atom is -0.497 e. The summed E-state index contributed by atoms with van der Waals surface area (Å²) in [6, 6.07) is 9.12. The van der Waals surface area contributed by atoms with Crippen LogP contribution in [0.2, 0.25) is 0 Å². The van der Waals surface area contributed by atoms with E-state index in [0.29, 0.717) is 19.0 Å². The van der Waals surface area contributed by atoms with Crippen LogP contribution >= 0.6 is 0 Å². The molecule has 0 radical (unpaired) electrons. The molecule has 0 saturated carbocycles. The van der Waals surface area contributed by atoms with Crippen molar-refractivity contribution in [3.63, 3.8) is 0 Å². The number of methoxy groups -OCH3 is 1. The molecule has 2 N–H and O–H groups in total. The van der Waals surface area contributed by atoms with E-state index in [2.05, 4.69) is 20.7 Å². The molecule has 1 fully saturated rings. The lowest BCUT2D eigenvalue weighted by Crippen LogP contribution is -2.45. The zero-order valence-corrected chi connectivity index (χ0v) is 15.9. The second kappa shape index (κ2) is 9.34. The topological polar surface area (TPSA) is 106 Å². The summed E-state index contributed by atoms with van der Waals surface area (Å²) in [5.41, 5.74) is 0.995. The highest BCUT2D eigenvalue weighted by Crippen LogP contribution is 2.24. The van der Waals surface area contributed by atoms with E-state index >= 15 is 0 Å². The highest BCUT2D eigenvalue weighted by Gasteiger charge is 2.25. The van der Waals surface area contributed by atoms with Crippen LogP contribution in [-0.2, 0) is 14.3 Å². The number of hydrogen-bond donors (Lipinski definition) is 2. The number of amides is 2. The number of hydrogen-bond acceptors (Lipinski definition) is 7. The Bertz CT molecular complexity index is 816. The fraction of sp³-hybridized carbons (Fsp3) is 0.421. The Kier molecular flexibility index (Phi) is 6.62. The fourth-order valence-corrected chi connectivity index (χ4v) is 3.06. The summed E-state index contributed by atoms with van der Waals surface area (Å²) >= 11 is 0. The van der Waals surface area contributed by atoms with Crippen LogP contribution in [0.3, 0.4) is 0 Å². The summed E-state index contributed by atoms with van der Waals surface area (Å²) in [7, 11) is 1.61. The van der Waals surface area contributed by atoms with Crippen molar-refractivity contribution in [2.24, 2.45) is 0 Å². The van der Waals surface area contributed by atoms with Gasteiger partial charge < -0.3 is 19.3 Å². The van der Waals surface area contributed by atoms with Crippen molar-refractivity contribution in [3.8, 4) is 5.75 Å². The lowest BCUT2D eigenvalue weighted by atomic mass is 10.0. The maximum atomic E-state index is 12.2. The van der Waals surface area contributed by atoms with Crippen LogP contribution in [0, 0.1) is 6.92 Å². The summed E-state index contributed by atoms with van der Waals surface area (Å²) in [6.45, 7) is 4.70. The molecule has 2 aromatic rings. The summed E-state index contributed by atoms with van der Waals surface area (Å²) in [5, 5.41) is 8.78. The number of anilines is 1. The first-order valence-corrected chi connectivity index (χ1v) is 9.05. The molecule has 0 bridgehead atoms. The Morgan fingerprint density at radius 3 is 2.71 bits per heavy atom. The lowest BCUT2D eigenvalue weighted by Gasteiger charge is -2.35. The van der Waals surface area contributed by atoms with Gasteiger partial charge in [-0.1, -0.05) is 17.3 Å². The number of ether oxygens (including phenoxy) is 2. The zero-order valence-electron chi connectivity index (χ0n) is 15.9. The van der Waals surface area contributed by atoms with Crippen LogP contribution in [0.25, 0.3) is 0 Å². The van der Waals surface area contributed by atoms with Crippen LogP contribution in [0.4, 0.5) is 5.82 Å². The van der Waals surface area contributed by atoms with E-state index in [4.69, 9.17) is 14.0 Å². The molecule has 9 nitrogen and oxygen atoms in total. The van der Waals surface area contributed by atoms with Gasteiger partial charge in [-0.25, -0.2) is 0 Å². The van der Waals surface area contributed by atoms with E-state index in [1.807, 2.05) is 24.3 Å². The zero-order chi connectivity index (χ0) is 19.9. The molecule has 9 heteroatoms. The van der Waals surface area contributed by atoms with E-state index in [-0.39, 0.29) is 18.4 Å². The van der Waals surface area contributed by atoms with Crippen molar-refractivity contribution in [2.45, 2.75) is 13.0 Å². The molecule has 2 heterocycles. The molecule has 1 saturated heterocycles. The van der Waals surface area contributed by atoms with Crippen LogP contribution in [-0.4, -0.2) is 61.8 Å². The van der Waals surface area contributed by atoms with Gasteiger partial charge in [0.25, 0.3) is 0 Å². The van der Waals surface area contributed by atoms with Crippen molar-refractivity contribution in [2.75, 3.05) is 45.3 Å². The van der Waals surface area contributed by atoms with Gasteiger partial charge in [-0.15, -0.1) is 0 Å². The summed E-state index contributed by atoms with van der Waals surface area (Å²) < 4.78 is 15.6. The van der Waals surface area contributed by atoms with Gasteiger partial charge in [0, 0.05) is 25.7 Å². The first kappa shape index (κ1) is 19.8. The van der Waals surface area contributed by atoms with E-state index in [1.54, 1.807) is 14.0 Å². The van der Waals surface area contributed by atoms with Crippen molar-refractivity contribution >= 4 is 17.6 Å². The molecule has 2 amide bonds. The van der Waals surface area contributed by atoms with Crippen molar-refractivity contribution in [1.29, 1.82) is 0 Å². The standard InChI is InChI=1S/C19H24N4O5/c1-13-10-17(22-28-13)21-19(25)18(24)20-12-16(23-6-8-27-9-7-23)14-4-3-5-15(11-14)26-2/h3-5,10-11,16H,6-9,12H2,1-2H3,(H,20,24)(H,21,22,25). The number of benzene rings is 1. The van der Waals surface area contributed by atoms with Gasteiger partial charge in [-0.3, -0.25) is 19.8 Å². The predicted octanol–water partition coefficient (Wildman–Crippen LogP) is 1.12. The third-order valence-electron chi connectivity index (χ3n) is 4.50. The summed E-state index contributed by atoms with van der Waals surface area (Å²) in [6.07, 6.45) is 0. The summed E-state index contributed by atoms with van der Waals surface area (Å²) in [5.74, 6) is -0.0426. The monoisotopic (exact) mass is 388 g/mol. The van der Waals surface area contributed by atoms with E-state index in [9.17, 15) is 9.59 Å². The number of morpholine rings is 1. The second-order valence-corrected chi connectivity index (χ2v) is 6.43. The lowest BCUT2D eigenvalue weighted by molar-refractivity contribution is -0.136. The molecule has 1 aromatic heterocycles. The normalized spacial score (nSPS) is 15.6. The van der Waals surface area contributed by atoms with Crippen molar-refractivity contribution < 1.29 is 23.6 Å². The average molecular weight is 388 g/mol. The number of rotatable bonds is 6. The maximum Gasteiger partial charge on any atom is 0.314 e. The van der Waals surface area contributed by atoms with Crippen molar-refractivity contribution in [1.82, 2.24) is 15.4 Å². The first-order valence-electron chi connectivity index (χ1n) is 9.05. The minimum absolute atomic E-state index is 0.106. The number of nitrogens with zero attached hydrogens (tertiary/aromatic N) is 2. The van der Waals surface area contributed by atoms with Crippen LogP contribution in [0.1, 0.15) is 17.4 Å². The Labute approximate surface area is 163 Å².